The summed E-state index contributed by atoms with van der Waals surface area (Å²) in [6.45, 7) is 1.79. The second-order valence-corrected chi connectivity index (χ2v) is 5.13. The predicted octanol–water partition coefficient (Wildman–Crippen LogP) is 4.81. The molecular formula is C16H12Cl2O3. The Kier molecular flexibility index (Phi) is 4.99. The second kappa shape index (κ2) is 6.74. The van der Waals surface area contributed by atoms with Crippen molar-refractivity contribution in [3.05, 3.63) is 63.6 Å². The number of ether oxygens (including phenoxy) is 1. The predicted molar refractivity (Wildman–Crippen MR) is 82.5 cm³/mol. The van der Waals surface area contributed by atoms with Gasteiger partial charge in [0.2, 0.25) is 0 Å². The molecule has 0 aliphatic heterocycles. The maximum Gasteiger partial charge on any atom is 0.343 e. The van der Waals surface area contributed by atoms with Crippen molar-refractivity contribution in [1.82, 2.24) is 0 Å². The van der Waals surface area contributed by atoms with Crippen molar-refractivity contribution in [3.63, 3.8) is 0 Å². The molecule has 2 aromatic rings. The Labute approximate surface area is 132 Å². The first kappa shape index (κ1) is 15.5. The Morgan fingerprint density at radius 2 is 1.57 bits per heavy atom. The highest BCUT2D eigenvalue weighted by Gasteiger charge is 2.11. The van der Waals surface area contributed by atoms with Gasteiger partial charge in [-0.05, 0) is 42.5 Å². The van der Waals surface area contributed by atoms with E-state index in [1.54, 1.807) is 31.2 Å². The summed E-state index contributed by atoms with van der Waals surface area (Å²) in [5.74, 6) is -0.140. The maximum absolute atomic E-state index is 12.0. The number of ketones is 1. The van der Waals surface area contributed by atoms with Crippen molar-refractivity contribution >= 4 is 35.0 Å². The number of esters is 1. The van der Waals surface area contributed by atoms with E-state index in [1.165, 1.54) is 18.2 Å². The first-order valence-corrected chi connectivity index (χ1v) is 7.07. The van der Waals surface area contributed by atoms with Crippen molar-refractivity contribution in [3.8, 4) is 5.75 Å². The molecular weight excluding hydrogens is 311 g/mol. The summed E-state index contributed by atoms with van der Waals surface area (Å²) in [5.41, 5.74) is 0.893. The topological polar surface area (TPSA) is 43.4 Å². The van der Waals surface area contributed by atoms with Crippen molar-refractivity contribution in [1.29, 1.82) is 0 Å². The van der Waals surface area contributed by atoms with E-state index in [0.29, 0.717) is 28.3 Å². The average Bonchev–Trinajstić information content (AvgIpc) is 2.50. The van der Waals surface area contributed by atoms with Gasteiger partial charge in [-0.25, -0.2) is 4.79 Å². The van der Waals surface area contributed by atoms with Gasteiger partial charge in [-0.1, -0.05) is 30.1 Å². The van der Waals surface area contributed by atoms with Crippen molar-refractivity contribution < 1.29 is 14.3 Å². The van der Waals surface area contributed by atoms with Gasteiger partial charge in [0.25, 0.3) is 0 Å². The molecule has 0 unspecified atom stereocenters. The third-order valence-corrected chi connectivity index (χ3v) is 3.60. The lowest BCUT2D eigenvalue weighted by molar-refractivity contribution is 0.0734. The molecule has 0 saturated heterocycles. The van der Waals surface area contributed by atoms with Gasteiger partial charge in [0.15, 0.2) is 5.78 Å². The number of halogens is 2. The zero-order chi connectivity index (χ0) is 15.4. The van der Waals surface area contributed by atoms with Crippen LogP contribution in [0.5, 0.6) is 5.75 Å². The molecule has 0 aliphatic carbocycles. The van der Waals surface area contributed by atoms with Gasteiger partial charge in [0.1, 0.15) is 5.75 Å². The fourth-order valence-electron chi connectivity index (χ4n) is 1.70. The summed E-state index contributed by atoms with van der Waals surface area (Å²) in [5, 5.41) is 0.658. The molecule has 21 heavy (non-hydrogen) atoms. The number of rotatable bonds is 4. The van der Waals surface area contributed by atoms with E-state index in [0.717, 1.165) is 0 Å². The smallest absolute Gasteiger partial charge is 0.343 e. The lowest BCUT2D eigenvalue weighted by atomic mass is 10.1. The van der Waals surface area contributed by atoms with Gasteiger partial charge in [0, 0.05) is 12.0 Å². The molecule has 2 rings (SSSR count). The first-order valence-electron chi connectivity index (χ1n) is 6.31. The maximum atomic E-state index is 12.0. The number of hydrogen-bond donors (Lipinski definition) is 0. The molecule has 0 radical (unpaired) electrons. The minimum atomic E-state index is -0.539. The van der Waals surface area contributed by atoms with Crippen LogP contribution in [0.4, 0.5) is 0 Å². The zero-order valence-corrected chi connectivity index (χ0v) is 12.7. The highest BCUT2D eigenvalue weighted by Crippen LogP contribution is 2.23. The SMILES string of the molecule is CCC(=O)c1ccc(OC(=O)c2ccc(Cl)c(Cl)c2)cc1. The molecule has 0 amide bonds. The Balaban J connectivity index is 2.12. The fraction of sp³-hybridized carbons (Fsp3) is 0.125. The molecule has 0 saturated carbocycles. The summed E-state index contributed by atoms with van der Waals surface area (Å²) in [6.07, 6.45) is 0.433. The minimum absolute atomic E-state index is 0.0392. The van der Waals surface area contributed by atoms with Crippen LogP contribution < -0.4 is 4.74 Å². The van der Waals surface area contributed by atoms with Gasteiger partial charge >= 0.3 is 5.97 Å². The third kappa shape index (κ3) is 3.84. The van der Waals surface area contributed by atoms with Crippen molar-refractivity contribution in [2.75, 3.05) is 0 Å². The van der Waals surface area contributed by atoms with Crippen molar-refractivity contribution in [2.24, 2.45) is 0 Å². The molecule has 0 atom stereocenters. The van der Waals surface area contributed by atoms with Crippen LogP contribution in [-0.2, 0) is 0 Å². The van der Waals surface area contributed by atoms with Crippen molar-refractivity contribution in [2.45, 2.75) is 13.3 Å². The van der Waals surface area contributed by atoms with Gasteiger partial charge in [-0.3, -0.25) is 4.79 Å². The average molecular weight is 323 g/mol. The van der Waals surface area contributed by atoms with E-state index in [4.69, 9.17) is 27.9 Å². The van der Waals surface area contributed by atoms with Crippen LogP contribution in [-0.4, -0.2) is 11.8 Å². The Morgan fingerprint density at radius 1 is 0.952 bits per heavy atom. The van der Waals surface area contributed by atoms with E-state index in [9.17, 15) is 9.59 Å². The van der Waals surface area contributed by atoms with Crippen LogP contribution in [0.2, 0.25) is 10.0 Å². The van der Waals surface area contributed by atoms with Crippen LogP contribution in [0.1, 0.15) is 34.1 Å². The molecule has 0 fully saturated rings. The summed E-state index contributed by atoms with van der Waals surface area (Å²) in [4.78, 5) is 23.5. The number of Topliss-reactive ketones (excluding diaryl/α,β-unsaturated/α-hetero) is 1. The van der Waals surface area contributed by atoms with E-state index < -0.39 is 5.97 Å². The van der Waals surface area contributed by atoms with Crippen LogP contribution in [0.15, 0.2) is 42.5 Å². The van der Waals surface area contributed by atoms with E-state index >= 15 is 0 Å². The minimum Gasteiger partial charge on any atom is -0.423 e. The molecule has 0 aliphatic rings. The monoisotopic (exact) mass is 322 g/mol. The molecule has 0 N–H and O–H groups in total. The molecule has 108 valence electrons. The fourth-order valence-corrected chi connectivity index (χ4v) is 2.00. The summed E-state index contributed by atoms with van der Waals surface area (Å²) in [6, 6.07) is 10.9. The number of benzene rings is 2. The Hall–Kier alpha value is -1.84. The lowest BCUT2D eigenvalue weighted by Gasteiger charge is -2.06. The molecule has 5 heteroatoms. The molecule has 0 heterocycles. The van der Waals surface area contributed by atoms with Crippen LogP contribution in [0, 0.1) is 0 Å². The van der Waals surface area contributed by atoms with Crippen LogP contribution >= 0.6 is 23.2 Å². The number of hydrogen-bond acceptors (Lipinski definition) is 3. The third-order valence-electron chi connectivity index (χ3n) is 2.86. The molecule has 2 aromatic carbocycles. The molecule has 3 nitrogen and oxygen atoms in total. The van der Waals surface area contributed by atoms with Gasteiger partial charge < -0.3 is 4.74 Å². The Bertz CT molecular complexity index is 678. The quantitative estimate of drug-likeness (QED) is 0.461. The molecule has 0 bridgehead atoms. The van der Waals surface area contributed by atoms with Gasteiger partial charge in [-0.2, -0.15) is 0 Å². The number of carbonyl (C=O) groups is 2. The van der Waals surface area contributed by atoms with E-state index in [-0.39, 0.29) is 10.8 Å². The molecule has 0 spiro atoms. The van der Waals surface area contributed by atoms with Crippen LogP contribution in [0.3, 0.4) is 0 Å². The van der Waals surface area contributed by atoms with E-state index in [2.05, 4.69) is 0 Å². The lowest BCUT2D eigenvalue weighted by Crippen LogP contribution is -2.08. The second-order valence-electron chi connectivity index (χ2n) is 4.32. The van der Waals surface area contributed by atoms with Gasteiger partial charge in [-0.15, -0.1) is 0 Å². The normalized spacial score (nSPS) is 10.2. The van der Waals surface area contributed by atoms with E-state index in [1.807, 2.05) is 0 Å². The van der Waals surface area contributed by atoms with Crippen LogP contribution in [0.25, 0.3) is 0 Å². The summed E-state index contributed by atoms with van der Waals surface area (Å²) < 4.78 is 5.21. The first-order chi connectivity index (χ1) is 10.0. The zero-order valence-electron chi connectivity index (χ0n) is 11.2. The standard InChI is InChI=1S/C16H12Cl2O3/c1-2-15(19)10-3-6-12(7-4-10)21-16(20)11-5-8-13(17)14(18)9-11/h3-9H,2H2,1H3. The summed E-state index contributed by atoms with van der Waals surface area (Å²) in [7, 11) is 0. The highest BCUT2D eigenvalue weighted by molar-refractivity contribution is 6.42. The number of carbonyl (C=O) groups excluding carboxylic acids is 2. The highest BCUT2D eigenvalue weighted by atomic mass is 35.5. The molecule has 0 aromatic heterocycles. The Morgan fingerprint density at radius 3 is 2.14 bits per heavy atom. The van der Waals surface area contributed by atoms with Gasteiger partial charge in [0.05, 0.1) is 15.6 Å². The largest absolute Gasteiger partial charge is 0.423 e. The summed E-state index contributed by atoms with van der Waals surface area (Å²) >= 11 is 11.6.